The van der Waals surface area contributed by atoms with Crippen LogP contribution >= 0.6 is 0 Å². The number of benzene rings is 2. The summed E-state index contributed by atoms with van der Waals surface area (Å²) >= 11 is 0. The van der Waals surface area contributed by atoms with Gasteiger partial charge in [-0.05, 0) is 48.7 Å². The van der Waals surface area contributed by atoms with Gasteiger partial charge in [0.15, 0.2) is 11.5 Å². The molecular weight excluding hydrogens is 399 g/mol. The lowest BCUT2D eigenvalue weighted by molar-refractivity contribution is 0.399. The molecule has 4 aromatic rings. The van der Waals surface area contributed by atoms with Crippen LogP contribution in [0.1, 0.15) is 29.9 Å². The van der Waals surface area contributed by atoms with E-state index in [1.807, 2.05) is 11.5 Å². The van der Waals surface area contributed by atoms with Crippen LogP contribution in [-0.4, -0.2) is 36.3 Å². The number of nitrogens with two attached hydrogens (primary N) is 1. The van der Waals surface area contributed by atoms with Crippen molar-refractivity contribution in [3.63, 3.8) is 0 Å². The zero-order valence-electron chi connectivity index (χ0n) is 16.8. The van der Waals surface area contributed by atoms with E-state index in [1.165, 1.54) is 12.3 Å². The minimum absolute atomic E-state index is 0.0766. The van der Waals surface area contributed by atoms with Gasteiger partial charge in [-0.25, -0.2) is 19.3 Å². The molecule has 0 radical (unpaired) electrons. The Morgan fingerprint density at radius 2 is 2.00 bits per heavy atom. The van der Waals surface area contributed by atoms with Gasteiger partial charge in [0.05, 0.1) is 22.8 Å². The molecule has 1 atom stereocenters. The van der Waals surface area contributed by atoms with Crippen molar-refractivity contribution in [3.8, 4) is 22.8 Å². The van der Waals surface area contributed by atoms with Crippen LogP contribution in [0.5, 0.6) is 11.5 Å². The standard InChI is InChI=1S/C22H21FN6O2/c1-2-29-17-8-13(15-4-6-26-22(24)28-15)14(23)10-16(17)27-21(29)20-12-9-19(31)18(30)7-11(12)3-5-25-20/h4,6-10,20,25,30-31H,2-3,5H2,1H3,(H2,24,26,28). The fraction of sp³-hybridized carbons (Fsp3) is 0.227. The number of aromatic nitrogens is 4. The maximum Gasteiger partial charge on any atom is 0.220 e. The van der Waals surface area contributed by atoms with Gasteiger partial charge in [0, 0.05) is 30.9 Å². The number of anilines is 1. The zero-order chi connectivity index (χ0) is 21.7. The molecule has 3 heterocycles. The van der Waals surface area contributed by atoms with E-state index in [2.05, 4.69) is 15.3 Å². The molecule has 0 saturated carbocycles. The first-order valence-electron chi connectivity index (χ1n) is 10.0. The van der Waals surface area contributed by atoms with E-state index >= 15 is 0 Å². The van der Waals surface area contributed by atoms with Crippen molar-refractivity contribution < 1.29 is 14.6 Å². The molecule has 9 heteroatoms. The van der Waals surface area contributed by atoms with Gasteiger partial charge in [-0.15, -0.1) is 0 Å². The van der Waals surface area contributed by atoms with Crippen molar-refractivity contribution in [2.24, 2.45) is 0 Å². The Hall–Kier alpha value is -3.72. The lowest BCUT2D eigenvalue weighted by Gasteiger charge is -2.27. The quantitative estimate of drug-likeness (QED) is 0.376. The predicted molar refractivity (Wildman–Crippen MR) is 114 cm³/mol. The number of rotatable bonds is 3. The zero-order valence-corrected chi connectivity index (χ0v) is 16.8. The van der Waals surface area contributed by atoms with Crippen LogP contribution in [0, 0.1) is 5.82 Å². The highest BCUT2D eigenvalue weighted by molar-refractivity contribution is 5.82. The second kappa shape index (κ2) is 7.21. The summed E-state index contributed by atoms with van der Waals surface area (Å²) in [5.74, 6) is 0.0213. The van der Waals surface area contributed by atoms with Crippen molar-refractivity contribution in [1.29, 1.82) is 0 Å². The molecule has 0 saturated heterocycles. The second-order valence-corrected chi connectivity index (χ2v) is 7.51. The third kappa shape index (κ3) is 3.14. The number of aromatic hydroxyl groups is 2. The molecule has 0 bridgehead atoms. The largest absolute Gasteiger partial charge is 0.504 e. The van der Waals surface area contributed by atoms with Crippen molar-refractivity contribution in [2.75, 3.05) is 12.3 Å². The number of nitrogens with one attached hydrogen (secondary N) is 1. The van der Waals surface area contributed by atoms with Gasteiger partial charge >= 0.3 is 0 Å². The van der Waals surface area contributed by atoms with E-state index in [0.717, 1.165) is 23.1 Å². The molecule has 0 fully saturated rings. The summed E-state index contributed by atoms with van der Waals surface area (Å²) in [5, 5.41) is 23.4. The molecule has 5 rings (SSSR count). The molecule has 0 aliphatic carbocycles. The van der Waals surface area contributed by atoms with E-state index in [4.69, 9.17) is 10.7 Å². The van der Waals surface area contributed by atoms with Gasteiger partial charge in [0.1, 0.15) is 11.6 Å². The Kier molecular flexibility index (Phi) is 4.48. The van der Waals surface area contributed by atoms with Gasteiger partial charge in [-0.1, -0.05) is 0 Å². The van der Waals surface area contributed by atoms with Gasteiger partial charge in [0.25, 0.3) is 0 Å². The van der Waals surface area contributed by atoms with E-state index in [0.29, 0.717) is 35.7 Å². The summed E-state index contributed by atoms with van der Waals surface area (Å²) < 4.78 is 16.9. The highest BCUT2D eigenvalue weighted by Gasteiger charge is 2.28. The third-order valence-corrected chi connectivity index (χ3v) is 5.68. The first kappa shape index (κ1) is 19.3. The summed E-state index contributed by atoms with van der Waals surface area (Å²) in [6.45, 7) is 3.30. The number of halogens is 1. The number of phenols is 2. The fourth-order valence-corrected chi connectivity index (χ4v) is 4.25. The predicted octanol–water partition coefficient (Wildman–Crippen LogP) is 2.88. The van der Waals surface area contributed by atoms with Crippen LogP contribution in [-0.2, 0) is 13.0 Å². The molecule has 0 amide bonds. The maximum absolute atomic E-state index is 14.9. The molecule has 1 aliphatic rings. The molecule has 2 aromatic heterocycles. The highest BCUT2D eigenvalue weighted by Crippen LogP contribution is 2.37. The summed E-state index contributed by atoms with van der Waals surface area (Å²) in [6, 6.07) is 7.60. The van der Waals surface area contributed by atoms with Crippen LogP contribution in [0.4, 0.5) is 10.3 Å². The van der Waals surface area contributed by atoms with E-state index in [9.17, 15) is 14.6 Å². The minimum atomic E-state index is -0.447. The maximum atomic E-state index is 14.9. The molecular formula is C22H21FN6O2. The Bertz CT molecular complexity index is 1320. The normalized spacial score (nSPS) is 15.9. The summed E-state index contributed by atoms with van der Waals surface area (Å²) in [5.41, 5.74) is 9.48. The lowest BCUT2D eigenvalue weighted by Crippen LogP contribution is -2.32. The van der Waals surface area contributed by atoms with Crippen molar-refractivity contribution in [1.82, 2.24) is 24.8 Å². The molecule has 5 N–H and O–H groups in total. The van der Waals surface area contributed by atoms with Crippen LogP contribution in [0.25, 0.3) is 22.3 Å². The average Bonchev–Trinajstić information content (AvgIpc) is 3.10. The Morgan fingerprint density at radius 3 is 2.77 bits per heavy atom. The Labute approximate surface area is 177 Å². The van der Waals surface area contributed by atoms with E-state index < -0.39 is 5.82 Å². The molecule has 2 aromatic carbocycles. The van der Waals surface area contributed by atoms with Gasteiger partial charge in [-0.2, -0.15) is 0 Å². The number of hydrogen-bond acceptors (Lipinski definition) is 7. The van der Waals surface area contributed by atoms with E-state index in [-0.39, 0.29) is 23.5 Å². The fourth-order valence-electron chi connectivity index (χ4n) is 4.25. The molecule has 158 valence electrons. The van der Waals surface area contributed by atoms with E-state index in [1.54, 1.807) is 24.3 Å². The topological polar surface area (TPSA) is 122 Å². The van der Waals surface area contributed by atoms with Crippen LogP contribution in [0.2, 0.25) is 0 Å². The van der Waals surface area contributed by atoms with Crippen molar-refractivity contribution >= 4 is 17.0 Å². The first-order chi connectivity index (χ1) is 15.0. The number of nitrogens with zero attached hydrogens (tertiary/aromatic N) is 4. The number of aryl methyl sites for hydroxylation is 1. The average molecular weight is 420 g/mol. The molecule has 1 unspecified atom stereocenters. The van der Waals surface area contributed by atoms with Crippen LogP contribution in [0.3, 0.4) is 0 Å². The van der Waals surface area contributed by atoms with Gasteiger partial charge < -0.3 is 25.8 Å². The Morgan fingerprint density at radius 1 is 1.19 bits per heavy atom. The van der Waals surface area contributed by atoms with Gasteiger partial charge in [-0.3, -0.25) is 0 Å². The molecule has 31 heavy (non-hydrogen) atoms. The number of imidazole rings is 1. The van der Waals surface area contributed by atoms with Gasteiger partial charge in [0.2, 0.25) is 5.95 Å². The van der Waals surface area contributed by atoms with Crippen molar-refractivity contribution in [3.05, 3.63) is 59.3 Å². The van der Waals surface area contributed by atoms with Crippen LogP contribution in [0.15, 0.2) is 36.5 Å². The smallest absolute Gasteiger partial charge is 0.220 e. The molecule has 8 nitrogen and oxygen atoms in total. The molecule has 1 aliphatic heterocycles. The summed E-state index contributed by atoms with van der Waals surface area (Å²) in [7, 11) is 0. The number of phenolic OH excluding ortho intramolecular Hbond substituents is 2. The number of nitrogen functional groups attached to an aromatic ring is 1. The number of hydrogen-bond donors (Lipinski definition) is 4. The number of fused-ring (bicyclic) bond motifs is 2. The van der Waals surface area contributed by atoms with Crippen LogP contribution < -0.4 is 11.1 Å². The second-order valence-electron chi connectivity index (χ2n) is 7.51. The summed E-state index contributed by atoms with van der Waals surface area (Å²) in [4.78, 5) is 12.7. The third-order valence-electron chi connectivity index (χ3n) is 5.68. The highest BCUT2D eigenvalue weighted by atomic mass is 19.1. The summed E-state index contributed by atoms with van der Waals surface area (Å²) in [6.07, 6.45) is 2.22. The minimum Gasteiger partial charge on any atom is -0.504 e. The van der Waals surface area contributed by atoms with Crippen molar-refractivity contribution in [2.45, 2.75) is 25.9 Å². The SMILES string of the molecule is CCn1c(C2NCCc3cc(O)c(O)cc32)nc2cc(F)c(-c3ccnc(N)n3)cc21. The Balaban J connectivity index is 1.69. The monoisotopic (exact) mass is 420 g/mol. The molecule has 0 spiro atoms. The first-order valence-corrected chi connectivity index (χ1v) is 10.0. The lowest BCUT2D eigenvalue weighted by atomic mass is 9.93.